The van der Waals surface area contributed by atoms with Crippen LogP contribution in [0.3, 0.4) is 0 Å². The van der Waals surface area contributed by atoms with Gasteiger partial charge in [0.25, 0.3) is 0 Å². The maximum absolute atomic E-state index is 12.9. The zero-order chi connectivity index (χ0) is 7.84. The van der Waals surface area contributed by atoms with Crippen LogP contribution in [0.1, 0.15) is 32.6 Å². The zero-order valence-corrected chi connectivity index (χ0v) is 7.02. The Labute approximate surface area is 67.4 Å². The van der Waals surface area contributed by atoms with Gasteiger partial charge in [-0.3, -0.25) is 0 Å². The van der Waals surface area contributed by atoms with Gasteiger partial charge >= 0.3 is 0 Å². The van der Waals surface area contributed by atoms with Gasteiger partial charge in [0.05, 0.1) is 0 Å². The van der Waals surface area contributed by atoms with Crippen molar-refractivity contribution >= 4 is 0 Å². The molecule has 0 aliphatic carbocycles. The minimum atomic E-state index is -0.597. The molecule has 11 heavy (non-hydrogen) atoms. The first-order valence-electron chi connectivity index (χ1n) is 4.66. The molecule has 2 saturated heterocycles. The predicted molar refractivity (Wildman–Crippen MR) is 43.2 cm³/mol. The Morgan fingerprint density at radius 2 is 1.82 bits per heavy atom. The third kappa shape index (κ3) is 1.41. The van der Waals surface area contributed by atoms with Gasteiger partial charge in [0.1, 0.15) is 6.17 Å². The number of rotatable bonds is 1. The van der Waals surface area contributed by atoms with Crippen molar-refractivity contribution in [2.75, 3.05) is 0 Å². The molecule has 0 radical (unpaired) electrons. The van der Waals surface area contributed by atoms with E-state index < -0.39 is 6.17 Å². The van der Waals surface area contributed by atoms with E-state index in [-0.39, 0.29) is 0 Å². The first-order chi connectivity index (χ1) is 5.25. The summed E-state index contributed by atoms with van der Waals surface area (Å²) < 4.78 is 12.9. The average molecular weight is 157 g/mol. The largest absolute Gasteiger partial charge is 0.311 e. The molecule has 0 aromatic rings. The van der Waals surface area contributed by atoms with Crippen LogP contribution >= 0.6 is 0 Å². The van der Waals surface area contributed by atoms with Gasteiger partial charge in [-0.25, -0.2) is 4.39 Å². The van der Waals surface area contributed by atoms with Crippen LogP contribution in [0, 0.1) is 5.92 Å². The highest BCUT2D eigenvalue weighted by atomic mass is 19.1. The third-order valence-corrected chi connectivity index (χ3v) is 3.16. The normalized spacial score (nSPS) is 45.8. The Morgan fingerprint density at radius 1 is 1.27 bits per heavy atom. The number of piperidine rings is 1. The van der Waals surface area contributed by atoms with E-state index in [1.54, 1.807) is 6.92 Å². The van der Waals surface area contributed by atoms with Crippen LogP contribution in [0.15, 0.2) is 0 Å². The van der Waals surface area contributed by atoms with Gasteiger partial charge in [-0.15, -0.1) is 0 Å². The molecule has 3 atom stereocenters. The highest BCUT2D eigenvalue weighted by Crippen LogP contribution is 2.33. The maximum atomic E-state index is 12.9. The van der Waals surface area contributed by atoms with Crippen molar-refractivity contribution in [2.45, 2.75) is 50.9 Å². The Hall–Kier alpha value is -0.110. The molecule has 0 aromatic carbocycles. The Bertz CT molecular complexity index is 134. The lowest BCUT2D eigenvalue weighted by Gasteiger charge is -2.29. The first kappa shape index (κ1) is 7.53. The summed E-state index contributed by atoms with van der Waals surface area (Å²) >= 11 is 0. The number of hydrogen-bond acceptors (Lipinski definition) is 1. The third-order valence-electron chi connectivity index (χ3n) is 3.16. The smallest absolute Gasteiger partial charge is 0.100 e. The lowest BCUT2D eigenvalue weighted by molar-refractivity contribution is 0.177. The van der Waals surface area contributed by atoms with Gasteiger partial charge in [-0.2, -0.15) is 0 Å². The van der Waals surface area contributed by atoms with E-state index in [1.807, 2.05) is 0 Å². The molecule has 2 heteroatoms. The molecule has 1 nitrogen and oxygen atoms in total. The second kappa shape index (κ2) is 2.74. The molecule has 2 rings (SSSR count). The van der Waals surface area contributed by atoms with Crippen molar-refractivity contribution in [3.8, 4) is 0 Å². The first-order valence-corrected chi connectivity index (χ1v) is 4.66. The molecule has 2 aliphatic rings. The van der Waals surface area contributed by atoms with E-state index in [0.29, 0.717) is 18.0 Å². The molecule has 2 aliphatic heterocycles. The Balaban J connectivity index is 1.97. The molecule has 2 heterocycles. The Morgan fingerprint density at radius 3 is 2.27 bits per heavy atom. The quantitative estimate of drug-likeness (QED) is 0.612. The topological polar surface area (TPSA) is 12.0 Å². The van der Waals surface area contributed by atoms with Crippen molar-refractivity contribution in [3.05, 3.63) is 0 Å². The number of fused-ring (bicyclic) bond motifs is 2. The van der Waals surface area contributed by atoms with Crippen molar-refractivity contribution in [1.29, 1.82) is 0 Å². The lowest BCUT2D eigenvalue weighted by Crippen LogP contribution is -2.40. The lowest BCUT2D eigenvalue weighted by atomic mass is 9.89. The number of alkyl halides is 1. The maximum Gasteiger partial charge on any atom is 0.100 e. The number of halogens is 1. The summed E-state index contributed by atoms with van der Waals surface area (Å²) in [4.78, 5) is 0. The summed E-state index contributed by atoms with van der Waals surface area (Å²) in [6.07, 6.45) is 4.07. The van der Waals surface area contributed by atoms with Gasteiger partial charge < -0.3 is 5.32 Å². The molecule has 2 bridgehead atoms. The van der Waals surface area contributed by atoms with Crippen molar-refractivity contribution < 1.29 is 4.39 Å². The van der Waals surface area contributed by atoms with Crippen molar-refractivity contribution in [3.63, 3.8) is 0 Å². The SMILES string of the molecule is CC(F)C1CC2CCC(C1)N2. The fourth-order valence-corrected chi connectivity index (χ4v) is 2.48. The van der Waals surface area contributed by atoms with E-state index in [0.717, 1.165) is 12.8 Å². The fraction of sp³-hybridized carbons (Fsp3) is 1.00. The van der Waals surface area contributed by atoms with Crippen molar-refractivity contribution in [1.82, 2.24) is 5.32 Å². The van der Waals surface area contributed by atoms with Gasteiger partial charge in [0.2, 0.25) is 0 Å². The minimum Gasteiger partial charge on any atom is -0.311 e. The molecule has 0 saturated carbocycles. The number of hydrogen-bond donors (Lipinski definition) is 1. The van der Waals surface area contributed by atoms with E-state index >= 15 is 0 Å². The molecule has 64 valence electrons. The Kier molecular flexibility index (Phi) is 1.88. The highest BCUT2D eigenvalue weighted by Gasteiger charge is 2.35. The van der Waals surface area contributed by atoms with Crippen LogP contribution in [0.25, 0.3) is 0 Å². The summed E-state index contributed by atoms with van der Waals surface area (Å²) in [6.45, 7) is 1.70. The summed E-state index contributed by atoms with van der Waals surface area (Å²) in [5, 5.41) is 3.51. The summed E-state index contributed by atoms with van der Waals surface area (Å²) in [6, 6.07) is 1.27. The average Bonchev–Trinajstić information content (AvgIpc) is 2.30. The molecule has 2 fully saturated rings. The summed E-state index contributed by atoms with van der Waals surface area (Å²) in [7, 11) is 0. The van der Waals surface area contributed by atoms with Gasteiger partial charge in [0, 0.05) is 12.1 Å². The highest BCUT2D eigenvalue weighted by molar-refractivity contribution is 4.93. The summed E-state index contributed by atoms with van der Waals surface area (Å²) in [5.74, 6) is 0.341. The minimum absolute atomic E-state index is 0.341. The van der Waals surface area contributed by atoms with Crippen LogP contribution in [0.4, 0.5) is 4.39 Å². The molecular formula is C9H16FN. The molecule has 0 aromatic heterocycles. The monoisotopic (exact) mass is 157 g/mol. The molecule has 0 amide bonds. The van der Waals surface area contributed by atoms with Crippen LogP contribution in [0.2, 0.25) is 0 Å². The van der Waals surface area contributed by atoms with Crippen LogP contribution in [-0.4, -0.2) is 18.3 Å². The predicted octanol–water partition coefficient (Wildman–Crippen LogP) is 1.88. The van der Waals surface area contributed by atoms with E-state index in [1.165, 1.54) is 12.8 Å². The van der Waals surface area contributed by atoms with Crippen LogP contribution < -0.4 is 5.32 Å². The van der Waals surface area contributed by atoms with E-state index in [9.17, 15) is 4.39 Å². The fourth-order valence-electron chi connectivity index (χ4n) is 2.48. The molecule has 3 unspecified atom stereocenters. The summed E-state index contributed by atoms with van der Waals surface area (Å²) in [5.41, 5.74) is 0. The molecule has 0 spiro atoms. The van der Waals surface area contributed by atoms with Crippen LogP contribution in [0.5, 0.6) is 0 Å². The van der Waals surface area contributed by atoms with Gasteiger partial charge in [0.15, 0.2) is 0 Å². The number of nitrogens with one attached hydrogen (secondary N) is 1. The zero-order valence-electron chi connectivity index (χ0n) is 7.02. The second-order valence-electron chi connectivity index (χ2n) is 4.05. The van der Waals surface area contributed by atoms with Gasteiger partial charge in [-0.1, -0.05) is 0 Å². The van der Waals surface area contributed by atoms with Crippen molar-refractivity contribution in [2.24, 2.45) is 5.92 Å². The second-order valence-corrected chi connectivity index (χ2v) is 4.05. The molecular weight excluding hydrogens is 141 g/mol. The van der Waals surface area contributed by atoms with E-state index in [4.69, 9.17) is 0 Å². The standard InChI is InChI=1S/C9H16FN/c1-6(10)7-4-8-2-3-9(5-7)11-8/h6-9,11H,2-5H2,1H3. The van der Waals surface area contributed by atoms with Gasteiger partial charge in [-0.05, 0) is 38.5 Å². The van der Waals surface area contributed by atoms with E-state index in [2.05, 4.69) is 5.32 Å². The molecule has 1 N–H and O–H groups in total. The van der Waals surface area contributed by atoms with Crippen LogP contribution in [-0.2, 0) is 0 Å².